The lowest BCUT2D eigenvalue weighted by molar-refractivity contribution is 0.0658. The van der Waals surface area contributed by atoms with Gasteiger partial charge in [0.15, 0.2) is 0 Å². The van der Waals surface area contributed by atoms with Crippen LogP contribution in [0.15, 0.2) is 18.2 Å². The van der Waals surface area contributed by atoms with E-state index in [1.54, 1.807) is 0 Å². The highest BCUT2D eigenvalue weighted by atomic mass is 16.5. The second-order valence-electron chi connectivity index (χ2n) is 5.77. The number of rotatable bonds is 5. The third kappa shape index (κ3) is 3.46. The van der Waals surface area contributed by atoms with Crippen LogP contribution in [-0.2, 0) is 0 Å². The van der Waals surface area contributed by atoms with Crippen molar-refractivity contribution in [2.75, 3.05) is 13.2 Å². The first-order valence-electron chi connectivity index (χ1n) is 7.18. The highest BCUT2D eigenvalue weighted by Gasteiger charge is 2.33. The molecule has 3 nitrogen and oxygen atoms in total. The van der Waals surface area contributed by atoms with Crippen LogP contribution in [0.2, 0.25) is 0 Å². The van der Waals surface area contributed by atoms with Gasteiger partial charge >= 0.3 is 0 Å². The predicted octanol–water partition coefficient (Wildman–Crippen LogP) is 3.30. The lowest BCUT2D eigenvalue weighted by atomic mass is 9.89. The summed E-state index contributed by atoms with van der Waals surface area (Å²) >= 11 is 0. The highest BCUT2D eigenvalue weighted by Crippen LogP contribution is 2.41. The van der Waals surface area contributed by atoms with Crippen molar-refractivity contribution in [1.82, 2.24) is 5.32 Å². The molecule has 0 aromatic heterocycles. The molecule has 1 heterocycles. The SMILES string of the molecule is C#CCOc1ccc2c(c1)OC(C)(C)CC2NCCC. The summed E-state index contributed by atoms with van der Waals surface area (Å²) in [6.45, 7) is 7.70. The Morgan fingerprint density at radius 3 is 3.00 bits per heavy atom. The van der Waals surface area contributed by atoms with E-state index in [0.717, 1.165) is 30.9 Å². The Kier molecular flexibility index (Phi) is 4.57. The zero-order valence-corrected chi connectivity index (χ0v) is 12.5. The van der Waals surface area contributed by atoms with E-state index in [-0.39, 0.29) is 12.2 Å². The topological polar surface area (TPSA) is 30.5 Å². The molecular weight excluding hydrogens is 250 g/mol. The van der Waals surface area contributed by atoms with E-state index >= 15 is 0 Å². The summed E-state index contributed by atoms with van der Waals surface area (Å²) in [4.78, 5) is 0. The number of hydrogen-bond donors (Lipinski definition) is 1. The minimum absolute atomic E-state index is 0.177. The number of nitrogens with one attached hydrogen (secondary N) is 1. The van der Waals surface area contributed by atoms with Crippen LogP contribution in [-0.4, -0.2) is 18.8 Å². The zero-order valence-electron chi connectivity index (χ0n) is 12.5. The molecule has 20 heavy (non-hydrogen) atoms. The lowest BCUT2D eigenvalue weighted by Crippen LogP contribution is -2.39. The normalized spacial score (nSPS) is 19.6. The molecule has 1 aliphatic rings. The maximum Gasteiger partial charge on any atom is 0.148 e. The first-order chi connectivity index (χ1) is 9.55. The smallest absolute Gasteiger partial charge is 0.148 e. The molecule has 0 spiro atoms. The van der Waals surface area contributed by atoms with Crippen molar-refractivity contribution >= 4 is 0 Å². The van der Waals surface area contributed by atoms with Crippen molar-refractivity contribution in [2.45, 2.75) is 45.3 Å². The van der Waals surface area contributed by atoms with Crippen molar-refractivity contribution in [2.24, 2.45) is 0 Å². The summed E-state index contributed by atoms with van der Waals surface area (Å²) in [6.07, 6.45) is 7.30. The van der Waals surface area contributed by atoms with Gasteiger partial charge in [-0.2, -0.15) is 0 Å². The Morgan fingerprint density at radius 1 is 1.50 bits per heavy atom. The predicted molar refractivity (Wildman–Crippen MR) is 81.1 cm³/mol. The van der Waals surface area contributed by atoms with E-state index in [2.05, 4.69) is 38.1 Å². The summed E-state index contributed by atoms with van der Waals surface area (Å²) in [5, 5.41) is 3.59. The standard InChI is InChI=1S/C17H23NO2/c1-5-9-18-15-12-17(3,4)20-16-11-13(19-10-6-2)7-8-14(15)16/h2,7-8,11,15,18H,5,9-10,12H2,1,3-4H3. The van der Waals surface area contributed by atoms with E-state index < -0.39 is 0 Å². The molecule has 1 unspecified atom stereocenters. The number of fused-ring (bicyclic) bond motifs is 1. The van der Waals surface area contributed by atoms with Crippen molar-refractivity contribution in [1.29, 1.82) is 0 Å². The number of terminal acetylenes is 1. The van der Waals surface area contributed by atoms with E-state index in [1.807, 2.05) is 12.1 Å². The highest BCUT2D eigenvalue weighted by molar-refractivity contribution is 5.44. The zero-order chi connectivity index (χ0) is 14.6. The molecule has 0 aliphatic carbocycles. The van der Waals surface area contributed by atoms with Crippen molar-refractivity contribution in [3.05, 3.63) is 23.8 Å². The van der Waals surface area contributed by atoms with E-state index in [0.29, 0.717) is 6.04 Å². The van der Waals surface area contributed by atoms with Crippen LogP contribution in [0.25, 0.3) is 0 Å². The van der Waals surface area contributed by atoms with Crippen LogP contribution < -0.4 is 14.8 Å². The molecule has 1 aliphatic heterocycles. The van der Waals surface area contributed by atoms with E-state index in [1.165, 1.54) is 5.56 Å². The van der Waals surface area contributed by atoms with Crippen LogP contribution in [0.3, 0.4) is 0 Å². The minimum Gasteiger partial charge on any atom is -0.487 e. The van der Waals surface area contributed by atoms with Crippen molar-refractivity contribution in [3.63, 3.8) is 0 Å². The third-order valence-corrected chi connectivity index (χ3v) is 3.41. The molecule has 0 bridgehead atoms. The van der Waals surface area contributed by atoms with Gasteiger partial charge < -0.3 is 14.8 Å². The fourth-order valence-electron chi connectivity index (χ4n) is 2.55. The van der Waals surface area contributed by atoms with Gasteiger partial charge in [-0.25, -0.2) is 0 Å². The lowest BCUT2D eigenvalue weighted by Gasteiger charge is -2.38. The molecule has 0 radical (unpaired) electrons. The molecule has 3 heteroatoms. The summed E-state index contributed by atoms with van der Waals surface area (Å²) in [5.41, 5.74) is 1.02. The van der Waals surface area contributed by atoms with Gasteiger partial charge in [-0.05, 0) is 32.9 Å². The molecule has 0 fully saturated rings. The Morgan fingerprint density at radius 2 is 2.30 bits per heavy atom. The van der Waals surface area contributed by atoms with Crippen molar-refractivity contribution < 1.29 is 9.47 Å². The molecule has 1 atom stereocenters. The molecule has 0 amide bonds. The van der Waals surface area contributed by atoms with Gasteiger partial charge in [0.1, 0.15) is 23.7 Å². The first-order valence-corrected chi connectivity index (χ1v) is 7.18. The Labute approximate surface area is 121 Å². The second-order valence-corrected chi connectivity index (χ2v) is 5.77. The Bertz CT molecular complexity index is 502. The minimum atomic E-state index is -0.177. The van der Waals surface area contributed by atoms with Crippen LogP contribution in [0.5, 0.6) is 11.5 Å². The van der Waals surface area contributed by atoms with Gasteiger partial charge in [-0.15, -0.1) is 6.42 Å². The average molecular weight is 273 g/mol. The molecule has 1 aromatic carbocycles. The number of ether oxygens (including phenoxy) is 2. The van der Waals surface area contributed by atoms with Crippen LogP contribution in [0, 0.1) is 12.3 Å². The van der Waals surface area contributed by atoms with E-state index in [4.69, 9.17) is 15.9 Å². The summed E-state index contributed by atoms with van der Waals surface area (Å²) in [6, 6.07) is 6.30. The first kappa shape index (κ1) is 14.7. The van der Waals surface area contributed by atoms with Gasteiger partial charge in [0.25, 0.3) is 0 Å². The van der Waals surface area contributed by atoms with Gasteiger partial charge in [-0.3, -0.25) is 0 Å². The molecular formula is C17H23NO2. The van der Waals surface area contributed by atoms with Gasteiger partial charge in [0.2, 0.25) is 0 Å². The molecule has 1 N–H and O–H groups in total. The summed E-state index contributed by atoms with van der Waals surface area (Å²) in [7, 11) is 0. The number of benzene rings is 1. The molecule has 0 saturated heterocycles. The van der Waals surface area contributed by atoms with E-state index in [9.17, 15) is 0 Å². The Balaban J connectivity index is 2.24. The largest absolute Gasteiger partial charge is 0.487 e. The maximum absolute atomic E-state index is 6.08. The molecule has 1 aromatic rings. The summed E-state index contributed by atoms with van der Waals surface area (Å²) < 4.78 is 11.5. The fraction of sp³-hybridized carbons (Fsp3) is 0.529. The van der Waals surface area contributed by atoms with Crippen molar-refractivity contribution in [3.8, 4) is 23.8 Å². The van der Waals surface area contributed by atoms with Gasteiger partial charge in [0.05, 0.1) is 0 Å². The van der Waals surface area contributed by atoms with Crippen LogP contribution in [0.4, 0.5) is 0 Å². The molecule has 108 valence electrons. The van der Waals surface area contributed by atoms with Crippen LogP contribution >= 0.6 is 0 Å². The van der Waals surface area contributed by atoms with Crippen LogP contribution in [0.1, 0.15) is 45.2 Å². The van der Waals surface area contributed by atoms with Gasteiger partial charge in [0, 0.05) is 24.1 Å². The molecule has 2 rings (SSSR count). The third-order valence-electron chi connectivity index (χ3n) is 3.41. The monoisotopic (exact) mass is 273 g/mol. The number of hydrogen-bond acceptors (Lipinski definition) is 3. The quantitative estimate of drug-likeness (QED) is 0.835. The Hall–Kier alpha value is -1.66. The second kappa shape index (κ2) is 6.19. The molecule has 0 saturated carbocycles. The van der Waals surface area contributed by atoms with Gasteiger partial charge in [-0.1, -0.05) is 18.9 Å². The fourth-order valence-corrected chi connectivity index (χ4v) is 2.55. The summed E-state index contributed by atoms with van der Waals surface area (Å²) in [5.74, 6) is 4.12. The maximum atomic E-state index is 6.08. The average Bonchev–Trinajstić information content (AvgIpc) is 2.40.